The largest absolute Gasteiger partial charge is 0.486 e. The maximum atomic E-state index is 8.48. The molecule has 0 spiro atoms. The van der Waals surface area contributed by atoms with E-state index in [-0.39, 0.29) is 0 Å². The number of ether oxygens (including phenoxy) is 2. The quantitative estimate of drug-likeness (QED) is 0.650. The zero-order chi connectivity index (χ0) is 13.1. The second-order valence-electron chi connectivity index (χ2n) is 3.90. The monoisotopic (exact) mass is 254 g/mol. The molecule has 0 bridgehead atoms. The van der Waals surface area contributed by atoms with E-state index in [2.05, 4.69) is 15.5 Å². The summed E-state index contributed by atoms with van der Waals surface area (Å²) >= 11 is 0. The topological polar surface area (TPSA) is 80.1 Å². The molecule has 0 fully saturated rings. The van der Waals surface area contributed by atoms with E-state index >= 15 is 0 Å². The molecule has 0 aliphatic carbocycles. The van der Waals surface area contributed by atoms with E-state index in [4.69, 9.17) is 14.7 Å². The highest BCUT2D eigenvalue weighted by Gasteiger charge is 2.12. The molecule has 1 N–H and O–H groups in total. The standard InChI is InChI=1S/C13H10N4O2/c14-8-15-13-4-2-10(16-17-13)9-1-3-11-12(7-9)19-6-5-18-11/h1-4,7H,5-6H2,(H,15,17). The molecule has 6 heteroatoms. The first-order valence-corrected chi connectivity index (χ1v) is 5.76. The number of anilines is 1. The molecule has 2 aromatic rings. The molecule has 1 aromatic carbocycles. The van der Waals surface area contributed by atoms with Gasteiger partial charge in [-0.05, 0) is 30.3 Å². The summed E-state index contributed by atoms with van der Waals surface area (Å²) in [6, 6.07) is 9.11. The van der Waals surface area contributed by atoms with Crippen molar-refractivity contribution >= 4 is 5.82 Å². The van der Waals surface area contributed by atoms with Crippen LogP contribution in [0.2, 0.25) is 0 Å². The van der Waals surface area contributed by atoms with Crippen LogP contribution in [0.3, 0.4) is 0 Å². The fourth-order valence-corrected chi connectivity index (χ4v) is 1.81. The van der Waals surface area contributed by atoms with Gasteiger partial charge < -0.3 is 9.47 Å². The molecule has 19 heavy (non-hydrogen) atoms. The minimum Gasteiger partial charge on any atom is -0.486 e. The zero-order valence-electron chi connectivity index (χ0n) is 9.96. The molecular weight excluding hydrogens is 244 g/mol. The van der Waals surface area contributed by atoms with Gasteiger partial charge in [0.15, 0.2) is 23.5 Å². The van der Waals surface area contributed by atoms with Gasteiger partial charge in [0.1, 0.15) is 13.2 Å². The van der Waals surface area contributed by atoms with Crippen molar-refractivity contribution in [1.29, 1.82) is 5.26 Å². The van der Waals surface area contributed by atoms with E-state index in [1.54, 1.807) is 18.3 Å². The van der Waals surface area contributed by atoms with Crippen LogP contribution in [0.25, 0.3) is 11.3 Å². The van der Waals surface area contributed by atoms with Gasteiger partial charge in [-0.1, -0.05) is 0 Å². The normalized spacial score (nSPS) is 12.6. The van der Waals surface area contributed by atoms with Crippen LogP contribution in [0, 0.1) is 11.5 Å². The first kappa shape index (κ1) is 11.3. The van der Waals surface area contributed by atoms with Crippen molar-refractivity contribution in [2.75, 3.05) is 18.5 Å². The van der Waals surface area contributed by atoms with Crippen LogP contribution in [0.1, 0.15) is 0 Å². The number of fused-ring (bicyclic) bond motifs is 1. The van der Waals surface area contributed by atoms with Crippen LogP contribution < -0.4 is 14.8 Å². The summed E-state index contributed by atoms with van der Waals surface area (Å²) in [5.74, 6) is 1.87. The Morgan fingerprint density at radius 2 is 1.89 bits per heavy atom. The summed E-state index contributed by atoms with van der Waals surface area (Å²) in [7, 11) is 0. The molecule has 1 aliphatic rings. The van der Waals surface area contributed by atoms with Crippen LogP contribution >= 0.6 is 0 Å². The highest BCUT2D eigenvalue weighted by molar-refractivity contribution is 5.64. The second-order valence-corrected chi connectivity index (χ2v) is 3.90. The van der Waals surface area contributed by atoms with Crippen molar-refractivity contribution in [2.24, 2.45) is 0 Å². The Labute approximate surface area is 109 Å². The molecule has 0 amide bonds. The molecule has 3 rings (SSSR count). The van der Waals surface area contributed by atoms with Crippen molar-refractivity contribution < 1.29 is 9.47 Å². The number of nitrogens with zero attached hydrogens (tertiary/aromatic N) is 3. The molecule has 1 aromatic heterocycles. The minimum absolute atomic E-state index is 0.420. The molecule has 0 radical (unpaired) electrons. The average molecular weight is 254 g/mol. The highest BCUT2D eigenvalue weighted by atomic mass is 16.6. The maximum absolute atomic E-state index is 8.48. The number of nitrogens with one attached hydrogen (secondary N) is 1. The first-order valence-electron chi connectivity index (χ1n) is 5.76. The lowest BCUT2D eigenvalue weighted by Gasteiger charge is -2.18. The Hall–Kier alpha value is -2.81. The van der Waals surface area contributed by atoms with E-state index in [1.807, 2.05) is 18.2 Å². The molecule has 1 aliphatic heterocycles. The molecule has 6 nitrogen and oxygen atoms in total. The number of aromatic nitrogens is 2. The van der Waals surface area contributed by atoms with Crippen molar-refractivity contribution in [3.8, 4) is 28.9 Å². The van der Waals surface area contributed by atoms with Crippen LogP contribution in [0.5, 0.6) is 11.5 Å². The van der Waals surface area contributed by atoms with Gasteiger partial charge in [0.25, 0.3) is 0 Å². The molecule has 94 valence electrons. The maximum Gasteiger partial charge on any atom is 0.182 e. The van der Waals surface area contributed by atoms with Crippen LogP contribution in [-0.4, -0.2) is 23.4 Å². The van der Waals surface area contributed by atoms with Gasteiger partial charge in [0.2, 0.25) is 0 Å². The predicted octanol–water partition coefficient (Wildman–Crippen LogP) is 1.81. The van der Waals surface area contributed by atoms with E-state index in [9.17, 15) is 0 Å². The average Bonchev–Trinajstić information content (AvgIpc) is 2.48. The number of nitriles is 1. The molecule has 0 unspecified atom stereocenters. The van der Waals surface area contributed by atoms with Crippen molar-refractivity contribution in [3.05, 3.63) is 30.3 Å². The lowest BCUT2D eigenvalue weighted by Crippen LogP contribution is -2.15. The molecule has 0 saturated carbocycles. The summed E-state index contributed by atoms with van der Waals surface area (Å²) in [4.78, 5) is 0. The summed E-state index contributed by atoms with van der Waals surface area (Å²) < 4.78 is 11.0. The Morgan fingerprint density at radius 1 is 1.05 bits per heavy atom. The van der Waals surface area contributed by atoms with Crippen LogP contribution in [0.4, 0.5) is 5.82 Å². The lowest BCUT2D eigenvalue weighted by molar-refractivity contribution is 0.171. The summed E-state index contributed by atoms with van der Waals surface area (Å²) in [5.41, 5.74) is 1.60. The molecule has 0 saturated heterocycles. The van der Waals surface area contributed by atoms with E-state index in [0.717, 1.165) is 11.3 Å². The van der Waals surface area contributed by atoms with Crippen LogP contribution in [0.15, 0.2) is 30.3 Å². The fourth-order valence-electron chi connectivity index (χ4n) is 1.81. The number of rotatable bonds is 2. The Bertz CT molecular complexity index is 634. The first-order chi connectivity index (χ1) is 9.36. The third kappa shape index (κ3) is 2.26. The summed E-state index contributed by atoms with van der Waals surface area (Å²) in [6.45, 7) is 1.12. The molecule has 2 heterocycles. The third-order valence-electron chi connectivity index (χ3n) is 2.69. The van der Waals surface area contributed by atoms with E-state index in [1.165, 1.54) is 0 Å². The van der Waals surface area contributed by atoms with Crippen molar-refractivity contribution in [1.82, 2.24) is 10.2 Å². The van der Waals surface area contributed by atoms with Gasteiger partial charge in [-0.15, -0.1) is 10.2 Å². The number of hydrogen-bond donors (Lipinski definition) is 1. The molecular formula is C13H10N4O2. The van der Waals surface area contributed by atoms with E-state index in [0.29, 0.717) is 30.5 Å². The summed E-state index contributed by atoms with van der Waals surface area (Å²) in [5, 5.41) is 18.9. The summed E-state index contributed by atoms with van der Waals surface area (Å²) in [6.07, 6.45) is 1.80. The zero-order valence-corrected chi connectivity index (χ0v) is 9.96. The van der Waals surface area contributed by atoms with Gasteiger partial charge in [0.05, 0.1) is 5.69 Å². The van der Waals surface area contributed by atoms with Crippen molar-refractivity contribution in [2.45, 2.75) is 0 Å². The van der Waals surface area contributed by atoms with Gasteiger partial charge in [-0.3, -0.25) is 5.32 Å². The van der Waals surface area contributed by atoms with Gasteiger partial charge in [-0.25, -0.2) is 0 Å². The van der Waals surface area contributed by atoms with E-state index < -0.39 is 0 Å². The Balaban J connectivity index is 1.91. The predicted molar refractivity (Wildman–Crippen MR) is 67.7 cm³/mol. The van der Waals surface area contributed by atoms with Gasteiger partial charge in [-0.2, -0.15) is 5.26 Å². The number of benzene rings is 1. The smallest absolute Gasteiger partial charge is 0.182 e. The van der Waals surface area contributed by atoms with Crippen molar-refractivity contribution in [3.63, 3.8) is 0 Å². The minimum atomic E-state index is 0.420. The molecule has 0 atom stereocenters. The number of hydrogen-bond acceptors (Lipinski definition) is 6. The highest BCUT2D eigenvalue weighted by Crippen LogP contribution is 2.33. The van der Waals surface area contributed by atoms with Crippen LogP contribution in [-0.2, 0) is 0 Å². The van der Waals surface area contributed by atoms with Gasteiger partial charge in [0, 0.05) is 5.56 Å². The lowest BCUT2D eigenvalue weighted by atomic mass is 10.1. The van der Waals surface area contributed by atoms with Gasteiger partial charge >= 0.3 is 0 Å². The SMILES string of the molecule is N#CNc1ccc(-c2ccc3c(c2)OCCO3)nn1. The fraction of sp³-hybridized carbons (Fsp3) is 0.154. The third-order valence-corrected chi connectivity index (χ3v) is 2.69. The Morgan fingerprint density at radius 3 is 2.63 bits per heavy atom. The second kappa shape index (κ2) is 4.82. The Kier molecular flexibility index (Phi) is 2.86.